The molecule has 1 saturated heterocycles. The van der Waals surface area contributed by atoms with Crippen LogP contribution in [0.15, 0.2) is 34.2 Å². The molecule has 1 aromatic carbocycles. The van der Waals surface area contributed by atoms with Gasteiger partial charge in [0, 0.05) is 6.54 Å². The van der Waals surface area contributed by atoms with E-state index in [0.717, 1.165) is 11.4 Å². The molecule has 0 unspecified atom stereocenters. The van der Waals surface area contributed by atoms with Crippen LogP contribution in [0.2, 0.25) is 0 Å². The molecule has 1 aromatic rings. The van der Waals surface area contributed by atoms with Gasteiger partial charge in [0.1, 0.15) is 5.25 Å². The molecule has 0 N–H and O–H groups in total. The first-order chi connectivity index (χ1) is 10.7. The van der Waals surface area contributed by atoms with E-state index < -0.39 is 31.0 Å². The normalized spacial score (nSPS) is 27.2. The molecule has 0 amide bonds. The second-order valence-electron chi connectivity index (χ2n) is 6.16. The molecule has 0 saturated carbocycles. The Morgan fingerprint density at radius 2 is 1.78 bits per heavy atom. The van der Waals surface area contributed by atoms with E-state index in [9.17, 15) is 16.8 Å². The van der Waals surface area contributed by atoms with E-state index in [1.807, 2.05) is 11.8 Å². The Hall–Kier alpha value is -1.41. The number of hydrogen-bond acceptors (Lipinski definition) is 6. The maximum atomic E-state index is 13.0. The lowest BCUT2D eigenvalue weighted by atomic mass is 10.2. The van der Waals surface area contributed by atoms with Crippen LogP contribution < -0.4 is 0 Å². The zero-order valence-corrected chi connectivity index (χ0v) is 14.8. The minimum absolute atomic E-state index is 0.129. The van der Waals surface area contributed by atoms with Gasteiger partial charge in [0.05, 0.1) is 34.8 Å². The Labute approximate surface area is 137 Å². The van der Waals surface area contributed by atoms with Crippen molar-refractivity contribution in [1.82, 2.24) is 4.90 Å². The standard InChI is InChI=1S/C15H20N2O4S2/c1-11-3-5-13(6-4-11)23(20,21)15-10-22(18,19)9-14(15)17-8-7-16-12(17)2/h3-6,14-15H,7-10H2,1-2H3/t14-,15-/m0/s1. The summed E-state index contributed by atoms with van der Waals surface area (Å²) in [5.74, 6) is 0.268. The molecule has 0 bridgehead atoms. The lowest BCUT2D eigenvalue weighted by Gasteiger charge is -2.29. The van der Waals surface area contributed by atoms with Crippen molar-refractivity contribution in [2.24, 2.45) is 4.99 Å². The molecule has 0 radical (unpaired) electrons. The molecule has 23 heavy (non-hydrogen) atoms. The van der Waals surface area contributed by atoms with Gasteiger partial charge in [-0.3, -0.25) is 4.99 Å². The predicted molar refractivity (Wildman–Crippen MR) is 89.3 cm³/mol. The zero-order chi connectivity index (χ0) is 16.8. The summed E-state index contributed by atoms with van der Waals surface area (Å²) in [5, 5.41) is -0.946. The molecule has 8 heteroatoms. The summed E-state index contributed by atoms with van der Waals surface area (Å²) in [5.41, 5.74) is 0.960. The Morgan fingerprint density at radius 3 is 2.35 bits per heavy atom. The van der Waals surface area contributed by atoms with Gasteiger partial charge in [0.2, 0.25) is 0 Å². The molecule has 2 heterocycles. The van der Waals surface area contributed by atoms with E-state index in [0.29, 0.717) is 13.1 Å². The average Bonchev–Trinajstić information content (AvgIpc) is 3.02. The first-order valence-electron chi connectivity index (χ1n) is 7.49. The summed E-state index contributed by atoms with van der Waals surface area (Å²) in [6.45, 7) is 4.84. The molecule has 2 aliphatic heterocycles. The fraction of sp³-hybridized carbons (Fsp3) is 0.533. The summed E-state index contributed by atoms with van der Waals surface area (Å²) in [7, 11) is -7.09. The van der Waals surface area contributed by atoms with Gasteiger partial charge >= 0.3 is 0 Å². The molecular weight excluding hydrogens is 336 g/mol. The van der Waals surface area contributed by atoms with Crippen molar-refractivity contribution in [2.75, 3.05) is 24.6 Å². The van der Waals surface area contributed by atoms with E-state index in [-0.39, 0.29) is 16.4 Å². The third kappa shape index (κ3) is 3.01. The second kappa shape index (κ2) is 5.59. The fourth-order valence-corrected chi connectivity index (χ4v) is 8.04. The van der Waals surface area contributed by atoms with Crippen molar-refractivity contribution in [3.8, 4) is 0 Å². The van der Waals surface area contributed by atoms with E-state index >= 15 is 0 Å². The highest BCUT2D eigenvalue weighted by Crippen LogP contribution is 2.30. The van der Waals surface area contributed by atoms with Crippen LogP contribution in [0.5, 0.6) is 0 Å². The van der Waals surface area contributed by atoms with Gasteiger partial charge in [0.15, 0.2) is 19.7 Å². The third-order valence-corrected chi connectivity index (χ3v) is 8.65. The van der Waals surface area contributed by atoms with Crippen LogP contribution in [0, 0.1) is 6.92 Å². The van der Waals surface area contributed by atoms with Crippen LogP contribution in [0.3, 0.4) is 0 Å². The summed E-state index contributed by atoms with van der Waals surface area (Å²) in [6, 6.07) is 6.01. The van der Waals surface area contributed by atoms with Crippen LogP contribution >= 0.6 is 0 Å². The van der Waals surface area contributed by atoms with Crippen LogP contribution in [0.25, 0.3) is 0 Å². The molecule has 2 atom stereocenters. The first-order valence-corrected chi connectivity index (χ1v) is 10.9. The number of aryl methyl sites for hydroxylation is 1. The number of rotatable bonds is 3. The molecule has 3 rings (SSSR count). The Morgan fingerprint density at radius 1 is 1.13 bits per heavy atom. The largest absolute Gasteiger partial charge is 0.353 e. The molecule has 0 aliphatic carbocycles. The maximum absolute atomic E-state index is 13.0. The summed E-state index contributed by atoms with van der Waals surface area (Å²) in [6.07, 6.45) is 0. The molecule has 6 nitrogen and oxygen atoms in total. The van der Waals surface area contributed by atoms with Crippen molar-refractivity contribution in [3.05, 3.63) is 29.8 Å². The minimum atomic E-state index is -3.71. The van der Waals surface area contributed by atoms with E-state index in [2.05, 4.69) is 4.99 Å². The number of benzene rings is 1. The number of amidine groups is 1. The highest BCUT2D eigenvalue weighted by atomic mass is 32.2. The van der Waals surface area contributed by atoms with Crippen molar-refractivity contribution in [2.45, 2.75) is 30.0 Å². The van der Waals surface area contributed by atoms with Crippen molar-refractivity contribution in [3.63, 3.8) is 0 Å². The van der Waals surface area contributed by atoms with Crippen molar-refractivity contribution < 1.29 is 16.8 Å². The van der Waals surface area contributed by atoms with Crippen LogP contribution in [0.4, 0.5) is 0 Å². The minimum Gasteiger partial charge on any atom is -0.353 e. The number of aliphatic imine (C=N–C) groups is 1. The maximum Gasteiger partial charge on any atom is 0.184 e. The smallest absolute Gasteiger partial charge is 0.184 e. The van der Waals surface area contributed by atoms with Crippen molar-refractivity contribution >= 4 is 25.5 Å². The highest BCUT2D eigenvalue weighted by molar-refractivity contribution is 7.96. The topological polar surface area (TPSA) is 83.9 Å². The number of nitrogens with zero attached hydrogens (tertiary/aromatic N) is 2. The van der Waals surface area contributed by atoms with Gasteiger partial charge in [-0.2, -0.15) is 0 Å². The molecule has 126 valence electrons. The van der Waals surface area contributed by atoms with Gasteiger partial charge in [0.25, 0.3) is 0 Å². The van der Waals surface area contributed by atoms with Crippen LogP contribution in [-0.2, 0) is 19.7 Å². The van der Waals surface area contributed by atoms with Gasteiger partial charge in [-0.1, -0.05) is 17.7 Å². The second-order valence-corrected chi connectivity index (χ2v) is 10.5. The summed E-state index contributed by atoms with van der Waals surface area (Å²) >= 11 is 0. The Bertz CT molecular complexity index is 842. The monoisotopic (exact) mass is 356 g/mol. The SMILES string of the molecule is CC1=NCCN1[C@H]1CS(=O)(=O)C[C@@H]1S(=O)(=O)c1ccc(C)cc1. The third-order valence-electron chi connectivity index (χ3n) is 4.52. The quantitative estimate of drug-likeness (QED) is 0.795. The first kappa shape index (κ1) is 16.4. The lowest BCUT2D eigenvalue weighted by Crippen LogP contribution is -2.47. The summed E-state index contributed by atoms with van der Waals surface area (Å²) < 4.78 is 50.2. The number of sulfone groups is 2. The van der Waals surface area contributed by atoms with Gasteiger partial charge in [-0.05, 0) is 26.0 Å². The Kier molecular flexibility index (Phi) is 4.00. The molecule has 0 spiro atoms. The predicted octanol–water partition coefficient (Wildman–Crippen LogP) is 0.668. The molecule has 0 aromatic heterocycles. The summed E-state index contributed by atoms with van der Waals surface area (Å²) in [4.78, 5) is 6.28. The van der Waals surface area contributed by atoms with Gasteiger partial charge < -0.3 is 4.90 Å². The zero-order valence-electron chi connectivity index (χ0n) is 13.1. The van der Waals surface area contributed by atoms with E-state index in [1.54, 1.807) is 31.2 Å². The van der Waals surface area contributed by atoms with Crippen LogP contribution in [0.1, 0.15) is 12.5 Å². The van der Waals surface area contributed by atoms with Gasteiger partial charge in [-0.25, -0.2) is 16.8 Å². The lowest BCUT2D eigenvalue weighted by molar-refractivity contribution is 0.360. The highest BCUT2D eigenvalue weighted by Gasteiger charge is 2.49. The van der Waals surface area contributed by atoms with Crippen molar-refractivity contribution in [1.29, 1.82) is 0 Å². The molecule has 1 fully saturated rings. The fourth-order valence-electron chi connectivity index (χ4n) is 3.26. The van der Waals surface area contributed by atoms with E-state index in [4.69, 9.17) is 0 Å². The molecular formula is C15H20N2O4S2. The van der Waals surface area contributed by atoms with Crippen LogP contribution in [-0.4, -0.2) is 63.5 Å². The number of hydrogen-bond donors (Lipinski definition) is 0. The molecule has 2 aliphatic rings. The Balaban J connectivity index is 2.01. The average molecular weight is 356 g/mol. The van der Waals surface area contributed by atoms with Gasteiger partial charge in [-0.15, -0.1) is 0 Å². The van der Waals surface area contributed by atoms with E-state index in [1.165, 1.54) is 0 Å².